The fourth-order valence-electron chi connectivity index (χ4n) is 8.80. The van der Waals surface area contributed by atoms with Gasteiger partial charge in [0.05, 0.1) is 16.7 Å². The van der Waals surface area contributed by atoms with Crippen LogP contribution in [0.3, 0.4) is 0 Å². The van der Waals surface area contributed by atoms with Crippen molar-refractivity contribution in [2.75, 3.05) is 0 Å². The van der Waals surface area contributed by atoms with E-state index < -0.39 is 0 Å². The minimum atomic E-state index is -0.0958. The van der Waals surface area contributed by atoms with Crippen molar-refractivity contribution in [1.82, 2.24) is 14.5 Å². The molecule has 0 fully saturated rings. The molecule has 0 amide bonds. The van der Waals surface area contributed by atoms with E-state index in [1.54, 1.807) is 0 Å². The van der Waals surface area contributed by atoms with E-state index in [9.17, 15) is 0 Å². The lowest BCUT2D eigenvalue weighted by molar-refractivity contribution is 0.590. The van der Waals surface area contributed by atoms with Crippen LogP contribution in [0.2, 0.25) is 0 Å². The van der Waals surface area contributed by atoms with E-state index in [0.717, 1.165) is 61.0 Å². The molecule has 0 atom stereocenters. The maximum absolute atomic E-state index is 6.63. The van der Waals surface area contributed by atoms with Crippen molar-refractivity contribution < 1.29 is 4.42 Å². The second-order valence-electron chi connectivity index (χ2n) is 18.8. The van der Waals surface area contributed by atoms with Gasteiger partial charge in [-0.3, -0.25) is 0 Å². The molecule has 0 aliphatic rings. The third-order valence-corrected chi connectivity index (χ3v) is 12.3. The molecule has 0 radical (unpaired) electrons. The smallest absolute Gasteiger partial charge is 0.180 e. The number of fused-ring (bicyclic) bond motifs is 6. The number of nitrogens with zero attached hydrogens (tertiary/aromatic N) is 3. The third-order valence-electron chi connectivity index (χ3n) is 12.3. The van der Waals surface area contributed by atoms with E-state index in [1.807, 2.05) is 48.5 Å². The van der Waals surface area contributed by atoms with Crippen LogP contribution >= 0.6 is 0 Å². The Balaban J connectivity index is 1.33. The van der Waals surface area contributed by atoms with E-state index in [-0.39, 0.29) is 10.8 Å². The normalized spacial score (nSPS) is 12.8. The molecule has 0 aliphatic carbocycles. The number of rotatable bonds is 8. The molecule has 3 heterocycles. The van der Waals surface area contributed by atoms with Crippen molar-refractivity contribution in [3.05, 3.63) is 217 Å². The van der Waals surface area contributed by atoms with Crippen molar-refractivity contribution in [3.63, 3.8) is 0 Å². The maximum Gasteiger partial charge on any atom is 0.180 e. The summed E-state index contributed by atoms with van der Waals surface area (Å²) in [6, 6.07) is 62.2. The standard InChI is InChI=1S/C60H51N3O/c1-39(54-57-55(46-30-20-21-31-53(46)64-57)62-58(61-54)43-28-18-11-19-29-43)34-47(41-24-14-9-15-25-41)52(35-40-22-12-8-13-23-40)63-51-33-32-44(59(2,3)4)36-49(51)50-38-45(60(5,6)7)37-48(56(50)63)42-26-16-10-17-27-42/h8-38H,1H2,2-7H3/b47-34-,52-35-. The van der Waals surface area contributed by atoms with Gasteiger partial charge in [0.2, 0.25) is 0 Å². The lowest BCUT2D eigenvalue weighted by atomic mass is 9.83. The highest BCUT2D eigenvalue weighted by Gasteiger charge is 2.27. The molecule has 0 aliphatic heterocycles. The minimum absolute atomic E-state index is 0.0554. The molecule has 4 nitrogen and oxygen atoms in total. The first-order valence-corrected chi connectivity index (χ1v) is 22.1. The van der Waals surface area contributed by atoms with Crippen LogP contribution in [0.4, 0.5) is 0 Å². The number of aromatic nitrogens is 3. The summed E-state index contributed by atoms with van der Waals surface area (Å²) < 4.78 is 9.13. The molecule has 0 spiro atoms. The molecule has 0 bridgehead atoms. The number of hydrogen-bond donors (Lipinski definition) is 0. The first-order valence-electron chi connectivity index (χ1n) is 22.1. The van der Waals surface area contributed by atoms with Crippen molar-refractivity contribution in [3.8, 4) is 22.5 Å². The van der Waals surface area contributed by atoms with Crippen LogP contribution in [0.15, 0.2) is 193 Å². The van der Waals surface area contributed by atoms with Gasteiger partial charge in [0.15, 0.2) is 11.4 Å². The molecule has 0 N–H and O–H groups in total. The molecular weight excluding hydrogens is 779 g/mol. The molecule has 10 aromatic rings. The van der Waals surface area contributed by atoms with Crippen LogP contribution in [0.1, 0.15) is 69.5 Å². The van der Waals surface area contributed by atoms with E-state index in [1.165, 1.54) is 27.5 Å². The Morgan fingerprint density at radius 3 is 1.84 bits per heavy atom. The summed E-state index contributed by atoms with van der Waals surface area (Å²) in [5, 5.41) is 3.36. The Morgan fingerprint density at radius 2 is 1.17 bits per heavy atom. The van der Waals surface area contributed by atoms with Crippen molar-refractivity contribution in [2.45, 2.75) is 52.4 Å². The Kier molecular flexibility index (Phi) is 10.1. The Morgan fingerprint density at radius 1 is 0.578 bits per heavy atom. The lowest BCUT2D eigenvalue weighted by Gasteiger charge is -2.23. The fourth-order valence-corrected chi connectivity index (χ4v) is 8.80. The Bertz CT molecular complexity index is 3430. The van der Waals surface area contributed by atoms with Crippen LogP contribution in [-0.2, 0) is 10.8 Å². The molecule has 7 aromatic carbocycles. The summed E-state index contributed by atoms with van der Waals surface area (Å²) in [6.07, 6.45) is 4.52. The highest BCUT2D eigenvalue weighted by atomic mass is 16.3. The topological polar surface area (TPSA) is 43.9 Å². The zero-order valence-electron chi connectivity index (χ0n) is 37.4. The number of furan rings is 1. The molecule has 3 aromatic heterocycles. The summed E-state index contributed by atoms with van der Waals surface area (Å²) in [5.74, 6) is 0.615. The quantitative estimate of drug-likeness (QED) is 0.143. The summed E-state index contributed by atoms with van der Waals surface area (Å²) in [5.41, 5.74) is 15.5. The van der Waals surface area contributed by atoms with Gasteiger partial charge in [-0.05, 0) is 92.8 Å². The first kappa shape index (κ1) is 40.5. The van der Waals surface area contributed by atoms with Gasteiger partial charge in [-0.1, -0.05) is 188 Å². The van der Waals surface area contributed by atoms with Gasteiger partial charge < -0.3 is 8.98 Å². The van der Waals surface area contributed by atoms with E-state index >= 15 is 0 Å². The first-order chi connectivity index (χ1) is 30.9. The van der Waals surface area contributed by atoms with Crippen molar-refractivity contribution in [2.24, 2.45) is 0 Å². The number of hydrogen-bond acceptors (Lipinski definition) is 3. The molecular formula is C60H51N3O. The van der Waals surface area contributed by atoms with Gasteiger partial charge in [-0.2, -0.15) is 0 Å². The van der Waals surface area contributed by atoms with Crippen molar-refractivity contribution >= 4 is 66.8 Å². The molecule has 64 heavy (non-hydrogen) atoms. The molecule has 0 saturated heterocycles. The second-order valence-corrected chi connectivity index (χ2v) is 18.8. The van der Waals surface area contributed by atoms with Gasteiger partial charge >= 0.3 is 0 Å². The van der Waals surface area contributed by atoms with Crippen LogP contribution in [0.25, 0.3) is 89.3 Å². The Hall–Kier alpha value is -7.56. The zero-order chi connectivity index (χ0) is 44.2. The molecule has 4 heteroatoms. The summed E-state index contributed by atoms with van der Waals surface area (Å²) in [7, 11) is 0. The van der Waals surface area contributed by atoms with Gasteiger partial charge in [0.1, 0.15) is 16.8 Å². The predicted molar refractivity (Wildman–Crippen MR) is 271 cm³/mol. The second kappa shape index (κ2) is 16.0. The van der Waals surface area contributed by atoms with Crippen LogP contribution in [0.5, 0.6) is 0 Å². The molecule has 312 valence electrons. The monoisotopic (exact) mass is 829 g/mol. The van der Waals surface area contributed by atoms with Gasteiger partial charge in [-0.25, -0.2) is 9.97 Å². The van der Waals surface area contributed by atoms with E-state index in [2.05, 4.69) is 186 Å². The maximum atomic E-state index is 6.63. The largest absolute Gasteiger partial charge is 0.452 e. The van der Waals surface area contributed by atoms with Gasteiger partial charge in [0.25, 0.3) is 0 Å². The average Bonchev–Trinajstić information content (AvgIpc) is 3.85. The minimum Gasteiger partial charge on any atom is -0.452 e. The zero-order valence-corrected chi connectivity index (χ0v) is 37.4. The lowest BCUT2D eigenvalue weighted by Crippen LogP contribution is -2.11. The van der Waals surface area contributed by atoms with E-state index in [0.29, 0.717) is 22.7 Å². The van der Waals surface area contributed by atoms with Gasteiger partial charge in [-0.15, -0.1) is 0 Å². The van der Waals surface area contributed by atoms with Crippen LogP contribution in [-0.4, -0.2) is 14.5 Å². The summed E-state index contributed by atoms with van der Waals surface area (Å²) >= 11 is 0. The van der Waals surface area contributed by atoms with Crippen LogP contribution in [0, 0.1) is 0 Å². The fraction of sp³-hybridized carbons (Fsp3) is 0.133. The molecule has 10 rings (SSSR count). The Labute approximate surface area is 375 Å². The highest BCUT2D eigenvalue weighted by Crippen LogP contribution is 2.46. The average molecular weight is 830 g/mol. The SMILES string of the molecule is C=C(/C=C(\C(=C\c1ccccc1)n1c2ccc(C(C)(C)C)cc2c2cc(C(C)(C)C)cc(-c3ccccc3)c21)c1ccccc1)c1nc(-c2ccccc2)nc2c1oc1ccccc12. The predicted octanol–water partition coefficient (Wildman–Crippen LogP) is 16.2. The van der Waals surface area contributed by atoms with E-state index in [4.69, 9.17) is 21.0 Å². The van der Waals surface area contributed by atoms with Crippen LogP contribution < -0.4 is 0 Å². The summed E-state index contributed by atoms with van der Waals surface area (Å²) in [6.45, 7) is 18.6. The van der Waals surface area contributed by atoms with Gasteiger partial charge in [0, 0.05) is 32.9 Å². The third kappa shape index (κ3) is 7.45. The highest BCUT2D eigenvalue weighted by molar-refractivity contribution is 6.20. The molecule has 0 saturated carbocycles. The van der Waals surface area contributed by atoms with Crippen molar-refractivity contribution in [1.29, 1.82) is 0 Å². The summed E-state index contributed by atoms with van der Waals surface area (Å²) in [4.78, 5) is 10.4. The number of allylic oxidation sites excluding steroid dienone is 4. The molecule has 0 unspecified atom stereocenters. The number of para-hydroxylation sites is 1. The number of benzene rings is 7.